The van der Waals surface area contributed by atoms with Crippen molar-refractivity contribution in [1.29, 1.82) is 0 Å². The van der Waals surface area contributed by atoms with Gasteiger partial charge >= 0.3 is 0 Å². The fourth-order valence-corrected chi connectivity index (χ4v) is 2.69. The smallest absolute Gasteiger partial charge is 0.0342 e. The molecule has 1 aliphatic rings. The minimum Gasteiger partial charge on any atom is -0.382 e. The lowest BCUT2D eigenvalue weighted by Gasteiger charge is -2.18. The van der Waals surface area contributed by atoms with Gasteiger partial charge in [-0.1, -0.05) is 37.8 Å². The van der Waals surface area contributed by atoms with Gasteiger partial charge in [-0.25, -0.2) is 0 Å². The summed E-state index contributed by atoms with van der Waals surface area (Å²) in [5.41, 5.74) is 2.62. The minimum atomic E-state index is 0.428. The average molecular weight is 246 g/mol. The van der Waals surface area contributed by atoms with E-state index in [0.29, 0.717) is 12.1 Å². The van der Waals surface area contributed by atoms with Gasteiger partial charge in [0.15, 0.2) is 0 Å². The van der Waals surface area contributed by atoms with Gasteiger partial charge in [-0.3, -0.25) is 0 Å². The Morgan fingerprint density at radius 2 is 1.61 bits per heavy atom. The second-order valence-electron chi connectivity index (χ2n) is 5.47. The molecule has 18 heavy (non-hydrogen) atoms. The first-order valence-electron chi connectivity index (χ1n) is 7.33. The predicted octanol–water partition coefficient (Wildman–Crippen LogP) is 4.10. The maximum atomic E-state index is 3.68. The van der Waals surface area contributed by atoms with Gasteiger partial charge in [0.25, 0.3) is 0 Å². The van der Waals surface area contributed by atoms with Gasteiger partial charge < -0.3 is 10.6 Å². The van der Waals surface area contributed by atoms with Gasteiger partial charge in [-0.2, -0.15) is 0 Å². The van der Waals surface area contributed by atoms with Gasteiger partial charge in [-0.05, 0) is 44.5 Å². The van der Waals surface area contributed by atoms with Crippen LogP contribution in [0.4, 0.5) is 5.69 Å². The molecule has 2 N–H and O–H groups in total. The van der Waals surface area contributed by atoms with Crippen molar-refractivity contribution in [1.82, 2.24) is 5.32 Å². The van der Waals surface area contributed by atoms with Crippen LogP contribution in [0.2, 0.25) is 0 Å². The molecular formula is C16H26N2. The molecule has 0 aromatic heterocycles. The van der Waals surface area contributed by atoms with E-state index in [0.717, 1.165) is 0 Å². The predicted molar refractivity (Wildman–Crippen MR) is 79.0 cm³/mol. The van der Waals surface area contributed by atoms with Crippen LogP contribution in [0.25, 0.3) is 0 Å². The molecule has 0 radical (unpaired) electrons. The summed E-state index contributed by atoms with van der Waals surface area (Å²) in [5, 5.41) is 6.95. The first kappa shape index (κ1) is 13.4. The van der Waals surface area contributed by atoms with Crippen LogP contribution in [0, 0.1) is 0 Å². The zero-order valence-corrected chi connectivity index (χ0v) is 11.7. The number of hydrogen-bond acceptors (Lipinski definition) is 2. The molecule has 1 saturated carbocycles. The largest absolute Gasteiger partial charge is 0.382 e. The fourth-order valence-electron chi connectivity index (χ4n) is 2.69. The summed E-state index contributed by atoms with van der Waals surface area (Å²) in [6, 6.07) is 9.99. The molecule has 2 rings (SSSR count). The van der Waals surface area contributed by atoms with Crippen molar-refractivity contribution in [3.05, 3.63) is 29.8 Å². The summed E-state index contributed by atoms with van der Waals surface area (Å²) >= 11 is 0. The molecule has 0 spiro atoms. The summed E-state index contributed by atoms with van der Waals surface area (Å²) in [6.45, 7) is 2.19. The van der Waals surface area contributed by atoms with Crippen molar-refractivity contribution < 1.29 is 0 Å². The summed E-state index contributed by atoms with van der Waals surface area (Å²) in [5.74, 6) is 0. The standard InChI is InChI=1S/C16H26N2/c1-13(17-2)14-9-11-16(12-10-14)18-15-7-5-3-4-6-8-15/h9-13,15,17-18H,3-8H2,1-2H3. The lowest BCUT2D eigenvalue weighted by molar-refractivity contribution is 0.619. The maximum Gasteiger partial charge on any atom is 0.0342 e. The molecular weight excluding hydrogens is 220 g/mol. The van der Waals surface area contributed by atoms with Gasteiger partial charge in [0, 0.05) is 17.8 Å². The van der Waals surface area contributed by atoms with Crippen molar-refractivity contribution in [2.24, 2.45) is 0 Å². The van der Waals surface area contributed by atoms with Crippen molar-refractivity contribution in [3.8, 4) is 0 Å². The summed E-state index contributed by atoms with van der Waals surface area (Å²) < 4.78 is 0. The number of rotatable bonds is 4. The first-order valence-corrected chi connectivity index (χ1v) is 7.33. The molecule has 0 saturated heterocycles. The highest BCUT2D eigenvalue weighted by Gasteiger charge is 2.11. The third-order valence-corrected chi connectivity index (χ3v) is 4.07. The van der Waals surface area contributed by atoms with Gasteiger partial charge in [0.2, 0.25) is 0 Å². The molecule has 0 amide bonds. The maximum absolute atomic E-state index is 3.68. The summed E-state index contributed by atoms with van der Waals surface area (Å²) in [6.07, 6.45) is 8.25. The molecule has 2 nitrogen and oxygen atoms in total. The van der Waals surface area contributed by atoms with E-state index >= 15 is 0 Å². The van der Waals surface area contributed by atoms with Gasteiger partial charge in [0.05, 0.1) is 0 Å². The Balaban J connectivity index is 1.92. The summed E-state index contributed by atoms with van der Waals surface area (Å²) in [4.78, 5) is 0. The normalized spacial score (nSPS) is 19.2. The van der Waals surface area contributed by atoms with Crippen molar-refractivity contribution in [2.45, 2.75) is 57.5 Å². The van der Waals surface area contributed by atoms with E-state index in [-0.39, 0.29) is 0 Å². The first-order chi connectivity index (χ1) is 8.79. The van der Waals surface area contributed by atoms with Gasteiger partial charge in [0.1, 0.15) is 0 Å². The molecule has 100 valence electrons. The van der Waals surface area contributed by atoms with Crippen molar-refractivity contribution in [3.63, 3.8) is 0 Å². The van der Waals surface area contributed by atoms with Crippen molar-refractivity contribution >= 4 is 5.69 Å². The van der Waals surface area contributed by atoms with E-state index in [2.05, 4.69) is 41.8 Å². The van der Waals surface area contributed by atoms with E-state index in [9.17, 15) is 0 Å². The van der Waals surface area contributed by atoms with E-state index in [4.69, 9.17) is 0 Å². The zero-order valence-electron chi connectivity index (χ0n) is 11.7. The Kier molecular flexibility index (Phi) is 5.06. The highest BCUT2D eigenvalue weighted by molar-refractivity contribution is 5.45. The van der Waals surface area contributed by atoms with Gasteiger partial charge in [-0.15, -0.1) is 0 Å². The Morgan fingerprint density at radius 3 is 2.17 bits per heavy atom. The quantitative estimate of drug-likeness (QED) is 0.782. The Hall–Kier alpha value is -1.02. The second-order valence-corrected chi connectivity index (χ2v) is 5.47. The topological polar surface area (TPSA) is 24.1 Å². The number of hydrogen-bond donors (Lipinski definition) is 2. The Bertz CT molecular complexity index is 337. The van der Waals surface area contributed by atoms with Crippen LogP contribution in [-0.4, -0.2) is 13.1 Å². The van der Waals surface area contributed by atoms with Crippen LogP contribution in [0.15, 0.2) is 24.3 Å². The molecule has 0 aliphatic heterocycles. The van der Waals surface area contributed by atoms with E-state index in [1.54, 1.807) is 0 Å². The zero-order chi connectivity index (χ0) is 12.8. The number of benzene rings is 1. The SMILES string of the molecule is CNC(C)c1ccc(NC2CCCCCC2)cc1. The fraction of sp³-hybridized carbons (Fsp3) is 0.625. The molecule has 2 heteroatoms. The van der Waals surface area contributed by atoms with Crippen LogP contribution in [0.1, 0.15) is 57.1 Å². The second kappa shape index (κ2) is 6.79. The lowest BCUT2D eigenvalue weighted by Crippen LogP contribution is -2.18. The molecule has 1 atom stereocenters. The molecule has 0 bridgehead atoms. The minimum absolute atomic E-state index is 0.428. The Morgan fingerprint density at radius 1 is 1.00 bits per heavy atom. The molecule has 1 aromatic rings. The third kappa shape index (κ3) is 3.74. The van der Waals surface area contributed by atoms with Crippen molar-refractivity contribution in [2.75, 3.05) is 12.4 Å². The van der Waals surface area contributed by atoms with Crippen LogP contribution in [0.5, 0.6) is 0 Å². The highest BCUT2D eigenvalue weighted by atomic mass is 14.9. The Labute approximate surface area is 111 Å². The van der Waals surface area contributed by atoms with Crippen LogP contribution in [-0.2, 0) is 0 Å². The average Bonchev–Trinajstić information content (AvgIpc) is 2.67. The molecule has 1 aliphatic carbocycles. The van der Waals surface area contributed by atoms with Crippen LogP contribution >= 0.6 is 0 Å². The van der Waals surface area contributed by atoms with E-state index in [1.807, 2.05) is 7.05 Å². The molecule has 1 unspecified atom stereocenters. The summed E-state index contributed by atoms with van der Waals surface area (Å²) in [7, 11) is 2.00. The van der Waals surface area contributed by atoms with Crippen LogP contribution in [0.3, 0.4) is 0 Å². The lowest BCUT2D eigenvalue weighted by atomic mass is 10.1. The molecule has 0 heterocycles. The van der Waals surface area contributed by atoms with E-state index < -0.39 is 0 Å². The van der Waals surface area contributed by atoms with Crippen LogP contribution < -0.4 is 10.6 Å². The third-order valence-electron chi connectivity index (χ3n) is 4.07. The van der Waals surface area contributed by atoms with E-state index in [1.165, 1.54) is 49.8 Å². The number of anilines is 1. The number of nitrogens with one attached hydrogen (secondary N) is 2. The highest BCUT2D eigenvalue weighted by Crippen LogP contribution is 2.22. The molecule has 1 aromatic carbocycles. The monoisotopic (exact) mass is 246 g/mol. The molecule has 1 fully saturated rings.